The second kappa shape index (κ2) is 5.49. The Labute approximate surface area is 119 Å². The van der Waals surface area contributed by atoms with Crippen molar-refractivity contribution in [3.63, 3.8) is 0 Å². The van der Waals surface area contributed by atoms with Crippen molar-refractivity contribution >= 4 is 11.6 Å². The summed E-state index contributed by atoms with van der Waals surface area (Å²) < 4.78 is 0. The third-order valence-corrected chi connectivity index (χ3v) is 3.60. The molecule has 0 amide bonds. The molecular formula is C16H20N4. The van der Waals surface area contributed by atoms with Gasteiger partial charge < -0.3 is 10.6 Å². The zero-order valence-electron chi connectivity index (χ0n) is 12.0. The quantitative estimate of drug-likeness (QED) is 0.895. The summed E-state index contributed by atoms with van der Waals surface area (Å²) in [6, 6.07) is 11.1. The maximum atomic E-state index is 4.48. The van der Waals surface area contributed by atoms with Crippen LogP contribution in [-0.4, -0.2) is 22.6 Å². The molecule has 0 radical (unpaired) electrons. The Balaban J connectivity index is 1.73. The lowest BCUT2D eigenvalue weighted by molar-refractivity contribution is 0.766. The number of aryl methyl sites for hydroxylation is 1. The first kappa shape index (κ1) is 12.9. The number of benzene rings is 1. The molecule has 2 aromatic rings. The van der Waals surface area contributed by atoms with E-state index in [2.05, 4.69) is 51.8 Å². The molecule has 0 saturated carbocycles. The van der Waals surface area contributed by atoms with E-state index in [-0.39, 0.29) is 0 Å². The molecule has 1 aliphatic carbocycles. The minimum absolute atomic E-state index is 0.427. The van der Waals surface area contributed by atoms with Crippen LogP contribution in [0, 0.1) is 6.92 Å². The topological polar surface area (TPSA) is 49.8 Å². The highest BCUT2D eigenvalue weighted by Crippen LogP contribution is 2.24. The Morgan fingerprint density at radius 1 is 1.10 bits per heavy atom. The average Bonchev–Trinajstić information content (AvgIpc) is 2.80. The van der Waals surface area contributed by atoms with E-state index in [0.717, 1.165) is 36.8 Å². The predicted octanol–water partition coefficient (Wildman–Crippen LogP) is 2.80. The average molecular weight is 268 g/mol. The van der Waals surface area contributed by atoms with Crippen LogP contribution in [0.3, 0.4) is 0 Å². The molecule has 0 unspecified atom stereocenters. The maximum absolute atomic E-state index is 4.48. The van der Waals surface area contributed by atoms with Gasteiger partial charge in [-0.3, -0.25) is 0 Å². The van der Waals surface area contributed by atoms with Crippen molar-refractivity contribution in [3.8, 4) is 0 Å². The molecule has 1 aromatic heterocycles. The summed E-state index contributed by atoms with van der Waals surface area (Å²) in [4.78, 5) is 8.86. The van der Waals surface area contributed by atoms with E-state index in [1.54, 1.807) is 0 Å². The molecule has 20 heavy (non-hydrogen) atoms. The molecule has 0 spiro atoms. The van der Waals surface area contributed by atoms with E-state index in [4.69, 9.17) is 0 Å². The molecule has 1 aliphatic rings. The second-order valence-corrected chi connectivity index (χ2v) is 5.23. The standard InChI is InChI=1S/C16H20N4/c1-3-17-15-10-16(19-11(2)18-15)20-14-8-12-6-4-5-7-13(12)9-14/h4-7,10,14H,3,8-9H2,1-2H3,(H2,17,18,19,20). The molecule has 1 heterocycles. The van der Waals surface area contributed by atoms with Crippen LogP contribution >= 0.6 is 0 Å². The van der Waals surface area contributed by atoms with Gasteiger partial charge in [0.15, 0.2) is 0 Å². The molecule has 4 nitrogen and oxygen atoms in total. The fourth-order valence-corrected chi connectivity index (χ4v) is 2.78. The summed E-state index contributed by atoms with van der Waals surface area (Å²) in [5.74, 6) is 2.59. The monoisotopic (exact) mass is 268 g/mol. The van der Waals surface area contributed by atoms with Gasteiger partial charge in [-0.2, -0.15) is 0 Å². The summed E-state index contributed by atoms with van der Waals surface area (Å²) in [5.41, 5.74) is 2.89. The molecule has 0 aliphatic heterocycles. The van der Waals surface area contributed by atoms with Crippen LogP contribution in [0.15, 0.2) is 30.3 Å². The maximum Gasteiger partial charge on any atom is 0.132 e. The van der Waals surface area contributed by atoms with Crippen LogP contribution in [-0.2, 0) is 12.8 Å². The zero-order chi connectivity index (χ0) is 13.9. The lowest BCUT2D eigenvalue weighted by atomic mass is 10.1. The Bertz CT molecular complexity index is 584. The molecule has 0 atom stereocenters. The van der Waals surface area contributed by atoms with Gasteiger partial charge in [0.1, 0.15) is 17.5 Å². The Morgan fingerprint density at radius 2 is 1.75 bits per heavy atom. The van der Waals surface area contributed by atoms with Crippen LogP contribution < -0.4 is 10.6 Å². The number of aromatic nitrogens is 2. The lowest BCUT2D eigenvalue weighted by Crippen LogP contribution is -2.20. The van der Waals surface area contributed by atoms with Gasteiger partial charge in [-0.15, -0.1) is 0 Å². The highest BCUT2D eigenvalue weighted by molar-refractivity contribution is 5.49. The first-order valence-corrected chi connectivity index (χ1v) is 7.17. The van der Waals surface area contributed by atoms with Crippen molar-refractivity contribution in [3.05, 3.63) is 47.3 Å². The summed E-state index contributed by atoms with van der Waals surface area (Å²) in [6.45, 7) is 4.86. The highest BCUT2D eigenvalue weighted by Gasteiger charge is 2.21. The van der Waals surface area contributed by atoms with Crippen molar-refractivity contribution in [1.29, 1.82) is 0 Å². The Kier molecular flexibility index (Phi) is 3.54. The van der Waals surface area contributed by atoms with E-state index in [1.165, 1.54) is 11.1 Å². The minimum atomic E-state index is 0.427. The molecular weight excluding hydrogens is 248 g/mol. The summed E-state index contributed by atoms with van der Waals surface area (Å²) in [5, 5.41) is 6.78. The van der Waals surface area contributed by atoms with Crippen LogP contribution in [0.4, 0.5) is 11.6 Å². The number of hydrogen-bond acceptors (Lipinski definition) is 4. The van der Waals surface area contributed by atoms with Crippen molar-refractivity contribution < 1.29 is 0 Å². The van der Waals surface area contributed by atoms with Gasteiger partial charge in [-0.05, 0) is 37.8 Å². The normalized spacial score (nSPS) is 14.1. The van der Waals surface area contributed by atoms with E-state index >= 15 is 0 Å². The van der Waals surface area contributed by atoms with Gasteiger partial charge in [-0.1, -0.05) is 24.3 Å². The van der Waals surface area contributed by atoms with E-state index in [1.807, 2.05) is 13.0 Å². The van der Waals surface area contributed by atoms with Crippen molar-refractivity contribution in [2.24, 2.45) is 0 Å². The number of nitrogens with one attached hydrogen (secondary N) is 2. The molecule has 0 fully saturated rings. The van der Waals surface area contributed by atoms with Crippen molar-refractivity contribution in [2.75, 3.05) is 17.2 Å². The number of hydrogen-bond donors (Lipinski definition) is 2. The molecule has 1 aromatic carbocycles. The molecule has 0 saturated heterocycles. The molecule has 104 valence electrons. The van der Waals surface area contributed by atoms with Crippen LogP contribution in [0.25, 0.3) is 0 Å². The summed E-state index contributed by atoms with van der Waals surface area (Å²) >= 11 is 0. The van der Waals surface area contributed by atoms with Gasteiger partial charge in [0.25, 0.3) is 0 Å². The molecule has 0 bridgehead atoms. The summed E-state index contributed by atoms with van der Waals surface area (Å²) in [6.07, 6.45) is 2.13. The van der Waals surface area contributed by atoms with Crippen LogP contribution in [0.5, 0.6) is 0 Å². The Morgan fingerprint density at radius 3 is 2.40 bits per heavy atom. The fraction of sp³-hybridized carbons (Fsp3) is 0.375. The van der Waals surface area contributed by atoms with Gasteiger partial charge in [-0.25, -0.2) is 9.97 Å². The minimum Gasteiger partial charge on any atom is -0.370 e. The number of rotatable bonds is 4. The van der Waals surface area contributed by atoms with E-state index < -0.39 is 0 Å². The third-order valence-electron chi connectivity index (χ3n) is 3.60. The van der Waals surface area contributed by atoms with Gasteiger partial charge in [0, 0.05) is 18.7 Å². The van der Waals surface area contributed by atoms with Gasteiger partial charge in [0.05, 0.1) is 0 Å². The second-order valence-electron chi connectivity index (χ2n) is 5.23. The SMILES string of the molecule is CCNc1cc(NC2Cc3ccccc3C2)nc(C)n1. The third kappa shape index (κ3) is 2.74. The zero-order valence-corrected chi connectivity index (χ0v) is 12.0. The van der Waals surface area contributed by atoms with Crippen molar-refractivity contribution in [1.82, 2.24) is 9.97 Å². The van der Waals surface area contributed by atoms with E-state index in [0.29, 0.717) is 6.04 Å². The Hall–Kier alpha value is -2.10. The number of fused-ring (bicyclic) bond motifs is 1. The smallest absolute Gasteiger partial charge is 0.132 e. The summed E-state index contributed by atoms with van der Waals surface area (Å²) in [7, 11) is 0. The first-order valence-electron chi connectivity index (χ1n) is 7.17. The largest absolute Gasteiger partial charge is 0.370 e. The fourth-order valence-electron chi connectivity index (χ4n) is 2.78. The van der Waals surface area contributed by atoms with Gasteiger partial charge >= 0.3 is 0 Å². The van der Waals surface area contributed by atoms with Crippen LogP contribution in [0.2, 0.25) is 0 Å². The molecule has 3 rings (SSSR count). The van der Waals surface area contributed by atoms with Crippen LogP contribution in [0.1, 0.15) is 23.9 Å². The van der Waals surface area contributed by atoms with Crippen molar-refractivity contribution in [2.45, 2.75) is 32.7 Å². The molecule has 4 heteroatoms. The first-order chi connectivity index (χ1) is 9.74. The molecule has 2 N–H and O–H groups in total. The van der Waals surface area contributed by atoms with E-state index in [9.17, 15) is 0 Å². The number of nitrogens with zero attached hydrogens (tertiary/aromatic N) is 2. The van der Waals surface area contributed by atoms with Gasteiger partial charge in [0.2, 0.25) is 0 Å². The highest BCUT2D eigenvalue weighted by atomic mass is 15.1. The number of anilines is 2. The predicted molar refractivity (Wildman–Crippen MR) is 82.2 cm³/mol. The lowest BCUT2D eigenvalue weighted by Gasteiger charge is -2.14.